The Kier molecular flexibility index (Phi) is 3.73. The topological polar surface area (TPSA) is 103 Å². The molecule has 0 bridgehead atoms. The first-order valence-electron chi connectivity index (χ1n) is 7.79. The lowest BCUT2D eigenvalue weighted by Gasteiger charge is -2.16. The summed E-state index contributed by atoms with van der Waals surface area (Å²) in [6.45, 7) is 1.24. The number of nitrogens with one attached hydrogen (secondary N) is 1. The molecule has 0 radical (unpaired) electrons. The molecule has 2 aromatic heterocycles. The van der Waals surface area contributed by atoms with Crippen molar-refractivity contribution in [2.45, 2.75) is 32.0 Å². The maximum absolute atomic E-state index is 12.8. The molecule has 1 aliphatic heterocycles. The van der Waals surface area contributed by atoms with E-state index in [9.17, 15) is 4.79 Å². The lowest BCUT2D eigenvalue weighted by atomic mass is 10.1. The predicted octanol–water partition coefficient (Wildman–Crippen LogP) is 0.117. The van der Waals surface area contributed by atoms with Crippen molar-refractivity contribution >= 4 is 5.91 Å². The van der Waals surface area contributed by atoms with Crippen LogP contribution in [0.4, 0.5) is 0 Å². The van der Waals surface area contributed by atoms with Crippen LogP contribution in [0.2, 0.25) is 0 Å². The third kappa shape index (κ3) is 2.64. The van der Waals surface area contributed by atoms with Gasteiger partial charge in [0.05, 0.1) is 6.54 Å². The van der Waals surface area contributed by atoms with Gasteiger partial charge in [0.2, 0.25) is 5.91 Å². The molecule has 3 heterocycles. The van der Waals surface area contributed by atoms with Gasteiger partial charge in [-0.2, -0.15) is 0 Å². The molecule has 0 saturated heterocycles. The number of carbonyl (C=O) groups excluding carboxylic acids is 1. The molecule has 1 aliphatic rings. The lowest BCUT2D eigenvalue weighted by molar-refractivity contribution is -0.123. The standard InChI is InChI=1S/C15H16N8O/c24-15(16-9-13-19-18-12-7-4-8-22(12)13)14(23-10-17-20-21-23)11-5-2-1-3-6-11/h1-3,5-6,10,14H,4,7-9H2,(H,16,24)/t14-/m1/s1. The van der Waals surface area contributed by atoms with Crippen LogP contribution in [0.3, 0.4) is 0 Å². The van der Waals surface area contributed by atoms with Gasteiger partial charge >= 0.3 is 0 Å². The van der Waals surface area contributed by atoms with Gasteiger partial charge in [-0.25, -0.2) is 4.68 Å². The van der Waals surface area contributed by atoms with Crippen LogP contribution in [0, 0.1) is 0 Å². The molecule has 9 nitrogen and oxygen atoms in total. The molecule has 1 N–H and O–H groups in total. The molecule has 122 valence electrons. The minimum atomic E-state index is -0.623. The van der Waals surface area contributed by atoms with E-state index in [4.69, 9.17) is 0 Å². The van der Waals surface area contributed by atoms with Gasteiger partial charge in [0.25, 0.3) is 0 Å². The van der Waals surface area contributed by atoms with Crippen LogP contribution in [0.5, 0.6) is 0 Å². The molecule has 4 rings (SSSR count). The second kappa shape index (κ2) is 6.19. The zero-order chi connectivity index (χ0) is 16.4. The molecule has 3 aromatic rings. The fourth-order valence-electron chi connectivity index (χ4n) is 2.95. The smallest absolute Gasteiger partial charge is 0.249 e. The van der Waals surface area contributed by atoms with Gasteiger partial charge in [0.15, 0.2) is 11.9 Å². The van der Waals surface area contributed by atoms with Crippen LogP contribution in [0.15, 0.2) is 36.7 Å². The molecule has 0 aliphatic carbocycles. The molecule has 1 amide bonds. The molecule has 1 aromatic carbocycles. The van der Waals surface area contributed by atoms with E-state index in [1.165, 1.54) is 11.0 Å². The highest BCUT2D eigenvalue weighted by molar-refractivity contribution is 5.83. The Balaban J connectivity index is 1.54. The van der Waals surface area contributed by atoms with E-state index in [2.05, 4.69) is 35.6 Å². The SMILES string of the molecule is O=C(NCc1nnc2n1CCC2)[C@@H](c1ccccc1)n1cnnn1. The number of aryl methyl sites for hydroxylation is 1. The summed E-state index contributed by atoms with van der Waals surface area (Å²) in [5.41, 5.74) is 0.814. The number of carbonyl (C=O) groups is 1. The summed E-state index contributed by atoms with van der Waals surface area (Å²) in [6, 6.07) is 8.79. The van der Waals surface area contributed by atoms with Crippen LogP contribution in [-0.2, 0) is 24.3 Å². The molecular weight excluding hydrogens is 308 g/mol. The first-order valence-corrected chi connectivity index (χ1v) is 7.79. The van der Waals surface area contributed by atoms with E-state index >= 15 is 0 Å². The Morgan fingerprint density at radius 3 is 2.92 bits per heavy atom. The number of fused-ring (bicyclic) bond motifs is 1. The van der Waals surface area contributed by atoms with E-state index in [0.29, 0.717) is 6.54 Å². The molecular formula is C15H16N8O. The Morgan fingerprint density at radius 2 is 2.12 bits per heavy atom. The maximum atomic E-state index is 12.8. The van der Waals surface area contributed by atoms with Crippen molar-refractivity contribution in [1.29, 1.82) is 0 Å². The van der Waals surface area contributed by atoms with Gasteiger partial charge in [-0.1, -0.05) is 30.3 Å². The van der Waals surface area contributed by atoms with Gasteiger partial charge in [-0.15, -0.1) is 15.3 Å². The minimum Gasteiger partial charge on any atom is -0.347 e. The largest absolute Gasteiger partial charge is 0.347 e. The molecule has 0 fully saturated rings. The van der Waals surface area contributed by atoms with Crippen molar-refractivity contribution in [3.05, 3.63) is 53.9 Å². The normalized spacial score (nSPS) is 14.3. The number of nitrogens with zero attached hydrogens (tertiary/aromatic N) is 7. The number of tetrazole rings is 1. The molecule has 0 unspecified atom stereocenters. The number of rotatable bonds is 5. The Morgan fingerprint density at radius 1 is 1.25 bits per heavy atom. The van der Waals surface area contributed by atoms with Gasteiger partial charge in [-0.3, -0.25) is 4.79 Å². The molecule has 1 atom stereocenters. The summed E-state index contributed by atoms with van der Waals surface area (Å²) < 4.78 is 3.51. The Labute approximate surface area is 137 Å². The lowest BCUT2D eigenvalue weighted by Crippen LogP contribution is -2.34. The molecule has 9 heteroatoms. The zero-order valence-electron chi connectivity index (χ0n) is 12.9. The average Bonchev–Trinajstić information content (AvgIpc) is 3.33. The second-order valence-corrected chi connectivity index (χ2v) is 5.61. The van der Waals surface area contributed by atoms with E-state index in [0.717, 1.165) is 36.6 Å². The van der Waals surface area contributed by atoms with Crippen molar-refractivity contribution in [2.24, 2.45) is 0 Å². The van der Waals surface area contributed by atoms with Gasteiger partial charge in [0, 0.05) is 13.0 Å². The predicted molar refractivity (Wildman–Crippen MR) is 82.6 cm³/mol. The van der Waals surface area contributed by atoms with Crippen LogP contribution < -0.4 is 5.32 Å². The fraction of sp³-hybridized carbons (Fsp3) is 0.333. The highest BCUT2D eigenvalue weighted by Gasteiger charge is 2.25. The summed E-state index contributed by atoms with van der Waals surface area (Å²) in [6.07, 6.45) is 3.45. The molecule has 0 spiro atoms. The number of amides is 1. The summed E-state index contributed by atoms with van der Waals surface area (Å²) >= 11 is 0. The van der Waals surface area contributed by atoms with Crippen LogP contribution in [-0.4, -0.2) is 40.9 Å². The molecule has 0 saturated carbocycles. The summed E-state index contributed by atoms with van der Waals surface area (Å²) in [7, 11) is 0. The van der Waals surface area contributed by atoms with E-state index in [1.54, 1.807) is 0 Å². The van der Waals surface area contributed by atoms with Crippen molar-refractivity contribution in [3.8, 4) is 0 Å². The first-order chi connectivity index (χ1) is 11.8. The van der Waals surface area contributed by atoms with Gasteiger partial charge < -0.3 is 9.88 Å². The third-order valence-electron chi connectivity index (χ3n) is 4.10. The maximum Gasteiger partial charge on any atom is 0.249 e. The van der Waals surface area contributed by atoms with Crippen molar-refractivity contribution in [1.82, 2.24) is 40.3 Å². The van der Waals surface area contributed by atoms with E-state index in [-0.39, 0.29) is 5.91 Å². The Hall–Kier alpha value is -3.10. The number of aromatic nitrogens is 7. The minimum absolute atomic E-state index is 0.191. The zero-order valence-corrected chi connectivity index (χ0v) is 12.9. The van der Waals surface area contributed by atoms with Crippen molar-refractivity contribution < 1.29 is 4.79 Å². The Bertz CT molecular complexity index is 827. The average molecular weight is 324 g/mol. The van der Waals surface area contributed by atoms with Gasteiger partial charge in [0.1, 0.15) is 12.2 Å². The summed E-state index contributed by atoms with van der Waals surface area (Å²) in [5.74, 6) is 1.57. The van der Waals surface area contributed by atoms with Crippen LogP contribution in [0.25, 0.3) is 0 Å². The fourth-order valence-corrected chi connectivity index (χ4v) is 2.95. The summed E-state index contributed by atoms with van der Waals surface area (Å²) in [5, 5.41) is 22.4. The first kappa shape index (κ1) is 14.5. The van der Waals surface area contributed by atoms with E-state index in [1.807, 2.05) is 30.3 Å². The van der Waals surface area contributed by atoms with Crippen molar-refractivity contribution in [3.63, 3.8) is 0 Å². The highest BCUT2D eigenvalue weighted by Crippen LogP contribution is 2.18. The van der Waals surface area contributed by atoms with E-state index < -0.39 is 6.04 Å². The number of benzene rings is 1. The van der Waals surface area contributed by atoms with Gasteiger partial charge in [-0.05, 0) is 22.4 Å². The van der Waals surface area contributed by atoms with Crippen molar-refractivity contribution in [2.75, 3.05) is 0 Å². The highest BCUT2D eigenvalue weighted by atomic mass is 16.2. The quantitative estimate of drug-likeness (QED) is 0.715. The number of hydrogen-bond acceptors (Lipinski definition) is 6. The number of hydrogen-bond donors (Lipinski definition) is 1. The monoisotopic (exact) mass is 324 g/mol. The second-order valence-electron chi connectivity index (χ2n) is 5.61. The van der Waals surface area contributed by atoms with Crippen LogP contribution in [0.1, 0.15) is 29.7 Å². The summed E-state index contributed by atoms with van der Waals surface area (Å²) in [4.78, 5) is 12.8. The third-order valence-corrected chi connectivity index (χ3v) is 4.10. The van der Waals surface area contributed by atoms with Crippen LogP contribution >= 0.6 is 0 Å². The molecule has 24 heavy (non-hydrogen) atoms.